The van der Waals surface area contributed by atoms with E-state index in [-0.39, 0.29) is 70.5 Å². The number of carbonyl (C=O) groups excluding carboxylic acids is 1. The number of fused-ring (bicyclic) bond motifs is 5. The highest BCUT2D eigenvalue weighted by atomic mass is 79.9. The number of hydrogen-bond donors (Lipinski definition) is 1. The third kappa shape index (κ3) is 16.8. The van der Waals surface area contributed by atoms with Crippen LogP contribution in [0.1, 0.15) is 85.6 Å². The third-order valence-electron chi connectivity index (χ3n) is 14.9. The van der Waals surface area contributed by atoms with E-state index in [0.717, 1.165) is 90.6 Å². The summed E-state index contributed by atoms with van der Waals surface area (Å²) in [5.74, 6) is 0.808. The standard InChI is InChI=1S/C62H84BrN3O15/c1-10-45-40(4)50-37-52-46(11-2)41(5)59(65-52)58(63)60-42(6)47(61(66-60)49-36-53(67)57-39(3)44(34-48(49)57)35-51(45)64-50)12-13-56(68)81-38-43-32-54(78-29-26-75-23-20-72-17-14-69-7)62(80-31-28-77-25-22-74-19-16-71-9)55(33-43)79-30-27-76-24-21-73-18-15-70-8/h32-33,35,37,42,47,67H,10-31,34,36,38H2,1-9H3/t42-,47-/m0/s1. The molecule has 0 saturated carbocycles. The minimum atomic E-state index is -0.377. The number of methoxy groups -OCH3 is 3. The van der Waals surface area contributed by atoms with Gasteiger partial charge in [-0.3, -0.25) is 9.79 Å². The van der Waals surface area contributed by atoms with Crippen molar-refractivity contribution in [3.8, 4) is 17.2 Å². The lowest BCUT2D eigenvalue weighted by Crippen LogP contribution is -2.21. The monoisotopic (exact) mass is 1190 g/mol. The van der Waals surface area contributed by atoms with Gasteiger partial charge in [0.1, 0.15) is 32.2 Å². The van der Waals surface area contributed by atoms with Crippen LogP contribution in [-0.4, -0.2) is 168 Å². The molecule has 0 unspecified atom stereocenters. The van der Waals surface area contributed by atoms with E-state index in [1.165, 1.54) is 11.1 Å². The lowest BCUT2D eigenvalue weighted by molar-refractivity contribution is -0.145. The quantitative estimate of drug-likeness (QED) is 0.0488. The number of hydrogen-bond acceptors (Lipinski definition) is 18. The van der Waals surface area contributed by atoms with Gasteiger partial charge in [0.2, 0.25) is 5.75 Å². The summed E-state index contributed by atoms with van der Waals surface area (Å²) < 4.78 is 75.1. The van der Waals surface area contributed by atoms with Crippen LogP contribution in [-0.2, 0) is 58.8 Å². The molecule has 1 N–H and O–H groups in total. The first-order valence-electron chi connectivity index (χ1n) is 28.4. The van der Waals surface area contributed by atoms with Gasteiger partial charge in [0.15, 0.2) is 11.5 Å². The lowest BCUT2D eigenvalue weighted by Gasteiger charge is -2.20. The van der Waals surface area contributed by atoms with Gasteiger partial charge in [-0.15, -0.1) is 0 Å². The van der Waals surface area contributed by atoms with Gasteiger partial charge >= 0.3 is 5.97 Å². The molecule has 444 valence electrons. The van der Waals surface area contributed by atoms with Crippen LogP contribution < -0.4 is 14.2 Å². The molecule has 81 heavy (non-hydrogen) atoms. The number of aliphatic hydroxyl groups excluding tert-OH is 1. The number of nitrogens with zero attached hydrogens (tertiary/aromatic N) is 3. The number of aliphatic hydroxyl groups is 1. The molecule has 0 radical (unpaired) electrons. The highest BCUT2D eigenvalue weighted by Gasteiger charge is 2.42. The highest BCUT2D eigenvalue weighted by molar-refractivity contribution is 9.12. The number of aliphatic imine (C=N–C) groups is 3. The Bertz CT molecular complexity index is 2700. The normalized spacial score (nSPS) is 18.7. The topological polar surface area (TPSA) is 194 Å². The van der Waals surface area contributed by atoms with Crippen LogP contribution >= 0.6 is 15.9 Å². The summed E-state index contributed by atoms with van der Waals surface area (Å²) in [4.78, 5) is 30.1. The number of halogens is 1. The first-order chi connectivity index (χ1) is 39.4. The Morgan fingerprint density at radius 2 is 1.12 bits per heavy atom. The summed E-state index contributed by atoms with van der Waals surface area (Å²) in [6.07, 6.45) is 7.57. The van der Waals surface area contributed by atoms with Crippen LogP contribution in [0, 0.1) is 11.8 Å². The van der Waals surface area contributed by atoms with E-state index < -0.39 is 0 Å². The summed E-state index contributed by atoms with van der Waals surface area (Å²) >= 11 is 4.04. The largest absolute Gasteiger partial charge is 0.511 e. The van der Waals surface area contributed by atoms with Crippen LogP contribution in [0.2, 0.25) is 0 Å². The van der Waals surface area contributed by atoms with E-state index in [9.17, 15) is 9.90 Å². The second-order valence-electron chi connectivity index (χ2n) is 20.1. The van der Waals surface area contributed by atoms with Gasteiger partial charge in [-0.05, 0) is 137 Å². The summed E-state index contributed by atoms with van der Waals surface area (Å²) in [5.41, 5.74) is 15.8. The van der Waals surface area contributed by atoms with E-state index >= 15 is 0 Å². The van der Waals surface area contributed by atoms with Crippen molar-refractivity contribution in [2.24, 2.45) is 26.8 Å². The molecule has 4 heterocycles. The average molecular weight is 1190 g/mol. The molecule has 1 aromatic rings. The summed E-state index contributed by atoms with van der Waals surface area (Å²) in [6.45, 7) is 19.5. The third-order valence-corrected chi connectivity index (χ3v) is 15.7. The van der Waals surface area contributed by atoms with Gasteiger partial charge in [-0.2, -0.15) is 0 Å². The lowest BCUT2D eigenvalue weighted by atomic mass is 9.82. The Morgan fingerprint density at radius 3 is 1.67 bits per heavy atom. The van der Waals surface area contributed by atoms with Crippen molar-refractivity contribution in [1.82, 2.24) is 0 Å². The number of allylic oxidation sites excluding steroid dienone is 13. The Kier molecular flexibility index (Phi) is 25.6. The number of carbonyl (C=O) groups is 1. The predicted molar refractivity (Wildman–Crippen MR) is 314 cm³/mol. The molecule has 0 spiro atoms. The van der Waals surface area contributed by atoms with Gasteiger partial charge in [-0.25, -0.2) is 9.98 Å². The molecule has 0 fully saturated rings. The Labute approximate surface area is 486 Å². The number of ether oxygens (including phenoxy) is 13. The van der Waals surface area contributed by atoms with Crippen LogP contribution in [0.15, 0.2) is 117 Å². The molecule has 4 aliphatic heterocycles. The molecule has 6 aliphatic rings. The van der Waals surface area contributed by atoms with Crippen LogP contribution in [0.3, 0.4) is 0 Å². The molecule has 2 aliphatic carbocycles. The van der Waals surface area contributed by atoms with Gasteiger partial charge in [0.05, 0.1) is 132 Å². The van der Waals surface area contributed by atoms with Gasteiger partial charge in [-0.1, -0.05) is 20.8 Å². The van der Waals surface area contributed by atoms with Crippen molar-refractivity contribution in [1.29, 1.82) is 0 Å². The van der Waals surface area contributed by atoms with Crippen molar-refractivity contribution < 1.29 is 71.5 Å². The number of esters is 1. The van der Waals surface area contributed by atoms with Gasteiger partial charge in [0, 0.05) is 57.3 Å². The Morgan fingerprint density at radius 1 is 0.617 bits per heavy atom. The molecule has 2 atom stereocenters. The zero-order chi connectivity index (χ0) is 57.7. The second kappa shape index (κ2) is 32.7. The number of rotatable bonds is 37. The first kappa shape index (κ1) is 63.5. The fourth-order valence-corrected chi connectivity index (χ4v) is 11.5. The molecule has 18 nitrogen and oxygen atoms in total. The summed E-state index contributed by atoms with van der Waals surface area (Å²) in [6, 6.07) is 3.58. The van der Waals surface area contributed by atoms with Crippen LogP contribution in [0.25, 0.3) is 0 Å². The van der Waals surface area contributed by atoms with Gasteiger partial charge < -0.3 is 66.7 Å². The summed E-state index contributed by atoms with van der Waals surface area (Å²) in [5, 5.41) is 11.7. The molecular formula is C62H84BrN3O15. The van der Waals surface area contributed by atoms with E-state index in [2.05, 4.69) is 69.6 Å². The highest BCUT2D eigenvalue weighted by Crippen LogP contribution is 2.51. The van der Waals surface area contributed by atoms with E-state index in [0.29, 0.717) is 127 Å². The number of benzene rings is 1. The Balaban J connectivity index is 1.10. The van der Waals surface area contributed by atoms with Crippen LogP contribution in [0.4, 0.5) is 0 Å². The first-order valence-corrected chi connectivity index (χ1v) is 29.2. The van der Waals surface area contributed by atoms with Gasteiger partial charge in [0.25, 0.3) is 0 Å². The predicted octanol–water partition coefficient (Wildman–Crippen LogP) is 10.4. The van der Waals surface area contributed by atoms with Crippen molar-refractivity contribution in [3.05, 3.63) is 107 Å². The second-order valence-corrected chi connectivity index (χ2v) is 20.9. The smallest absolute Gasteiger partial charge is 0.306 e. The molecule has 0 amide bonds. The molecule has 0 saturated heterocycles. The maximum Gasteiger partial charge on any atom is 0.306 e. The molecule has 8 bridgehead atoms. The van der Waals surface area contributed by atoms with Crippen LogP contribution in [0.5, 0.6) is 17.2 Å². The van der Waals surface area contributed by atoms with Crippen molar-refractivity contribution in [3.63, 3.8) is 0 Å². The maximum atomic E-state index is 14.1. The molecule has 0 aromatic heterocycles. The maximum absolute atomic E-state index is 14.1. The van der Waals surface area contributed by atoms with E-state index in [4.69, 9.17) is 76.6 Å². The van der Waals surface area contributed by atoms with Crippen molar-refractivity contribution in [2.75, 3.05) is 140 Å². The SMILES string of the molecule is CCC1=C(C)C2=NC1=CC1=C(C)C3=C(O)CC(=C3C1)C1=NC(=C(Br)C3=NC(=C2)C(CC)=C3C)[C@@H](C)[C@@H]1CCC(=O)OCc1cc(OCCOCCOCCOC)c(OCCOCCOCCOC)c(OCCOCCOCCOC)c1. The van der Waals surface area contributed by atoms with Crippen molar-refractivity contribution >= 4 is 39.0 Å². The fourth-order valence-electron chi connectivity index (χ4n) is 10.6. The summed E-state index contributed by atoms with van der Waals surface area (Å²) in [7, 11) is 4.88. The minimum Gasteiger partial charge on any atom is -0.511 e. The van der Waals surface area contributed by atoms with Crippen molar-refractivity contribution in [2.45, 2.75) is 86.7 Å². The minimum absolute atomic E-state index is 0.0683. The zero-order valence-corrected chi connectivity index (χ0v) is 50.6. The average Bonchev–Trinajstić information content (AvgIpc) is 4.44. The van der Waals surface area contributed by atoms with E-state index in [1.807, 2.05) is 0 Å². The Hall–Kier alpha value is -5.06. The zero-order valence-electron chi connectivity index (χ0n) is 49.0. The van der Waals surface area contributed by atoms with E-state index in [1.54, 1.807) is 33.5 Å². The fraction of sp³-hybridized carbons (Fsp3) is 0.581. The molecular weight excluding hydrogens is 1110 g/mol. The molecule has 7 rings (SSSR count). The molecule has 1 aromatic carbocycles. The molecule has 19 heteroatoms.